The first kappa shape index (κ1) is 7.34. The van der Waals surface area contributed by atoms with Crippen molar-refractivity contribution in [1.29, 1.82) is 0 Å². The van der Waals surface area contributed by atoms with E-state index in [1.54, 1.807) is 0 Å². The minimum absolute atomic E-state index is 0.579. The summed E-state index contributed by atoms with van der Waals surface area (Å²) in [5.41, 5.74) is 0.579. The summed E-state index contributed by atoms with van der Waals surface area (Å²) in [7, 11) is 2.11. The van der Waals surface area contributed by atoms with E-state index in [0.717, 1.165) is 18.6 Å². The SMILES string of the molecule is CNC1C2CCOC2C12CCC2. The van der Waals surface area contributed by atoms with Gasteiger partial charge in [-0.25, -0.2) is 0 Å². The van der Waals surface area contributed by atoms with Gasteiger partial charge in [-0.15, -0.1) is 0 Å². The van der Waals surface area contributed by atoms with Crippen LogP contribution in [-0.2, 0) is 4.74 Å². The summed E-state index contributed by atoms with van der Waals surface area (Å²) < 4.78 is 5.80. The Kier molecular flexibility index (Phi) is 1.37. The van der Waals surface area contributed by atoms with Gasteiger partial charge in [0.05, 0.1) is 6.10 Å². The molecule has 1 saturated heterocycles. The number of rotatable bonds is 1. The Labute approximate surface area is 73.7 Å². The molecule has 0 radical (unpaired) electrons. The maximum absolute atomic E-state index is 5.80. The monoisotopic (exact) mass is 167 g/mol. The molecular weight excluding hydrogens is 150 g/mol. The molecule has 3 atom stereocenters. The first-order valence-corrected chi connectivity index (χ1v) is 5.17. The molecule has 2 aliphatic carbocycles. The number of hydrogen-bond acceptors (Lipinski definition) is 2. The van der Waals surface area contributed by atoms with Crippen molar-refractivity contribution in [2.75, 3.05) is 13.7 Å². The standard InChI is InChI=1S/C10H17NO/c1-11-8-7-3-6-12-9(7)10(8)4-2-5-10/h7-9,11H,2-6H2,1H3. The minimum atomic E-state index is 0.579. The molecule has 1 heterocycles. The number of hydrogen-bond donors (Lipinski definition) is 1. The fourth-order valence-corrected chi connectivity index (χ4v) is 3.71. The summed E-state index contributed by atoms with van der Waals surface area (Å²) in [6.45, 7) is 1.01. The van der Waals surface area contributed by atoms with Crippen molar-refractivity contribution in [2.45, 2.75) is 37.8 Å². The van der Waals surface area contributed by atoms with E-state index in [1.165, 1.54) is 25.7 Å². The molecule has 2 heteroatoms. The molecule has 68 valence electrons. The predicted octanol–water partition coefficient (Wildman–Crippen LogP) is 1.16. The topological polar surface area (TPSA) is 21.3 Å². The molecule has 2 nitrogen and oxygen atoms in total. The lowest BCUT2D eigenvalue weighted by atomic mass is 9.46. The van der Waals surface area contributed by atoms with Crippen molar-refractivity contribution in [3.8, 4) is 0 Å². The van der Waals surface area contributed by atoms with Crippen molar-refractivity contribution in [1.82, 2.24) is 5.32 Å². The highest BCUT2D eigenvalue weighted by Gasteiger charge is 2.65. The smallest absolute Gasteiger partial charge is 0.0690 e. The van der Waals surface area contributed by atoms with Crippen molar-refractivity contribution in [3.63, 3.8) is 0 Å². The van der Waals surface area contributed by atoms with E-state index in [-0.39, 0.29) is 0 Å². The van der Waals surface area contributed by atoms with Gasteiger partial charge < -0.3 is 10.1 Å². The molecule has 0 aromatic carbocycles. The lowest BCUT2D eigenvalue weighted by Crippen LogP contribution is -2.70. The molecule has 3 fully saturated rings. The van der Waals surface area contributed by atoms with Gasteiger partial charge in [0.15, 0.2) is 0 Å². The Hall–Kier alpha value is -0.0800. The van der Waals surface area contributed by atoms with Crippen LogP contribution in [-0.4, -0.2) is 25.8 Å². The van der Waals surface area contributed by atoms with Gasteiger partial charge >= 0.3 is 0 Å². The maximum atomic E-state index is 5.80. The number of nitrogens with one attached hydrogen (secondary N) is 1. The van der Waals surface area contributed by atoms with E-state index in [4.69, 9.17) is 4.74 Å². The third kappa shape index (κ3) is 0.612. The van der Waals surface area contributed by atoms with Crippen LogP contribution in [0.4, 0.5) is 0 Å². The van der Waals surface area contributed by atoms with Crippen LogP contribution < -0.4 is 5.32 Å². The van der Waals surface area contributed by atoms with E-state index in [2.05, 4.69) is 12.4 Å². The van der Waals surface area contributed by atoms with Crippen LogP contribution in [0.2, 0.25) is 0 Å². The van der Waals surface area contributed by atoms with Gasteiger partial charge in [0.2, 0.25) is 0 Å². The van der Waals surface area contributed by atoms with Gasteiger partial charge in [-0.05, 0) is 26.3 Å². The predicted molar refractivity (Wildman–Crippen MR) is 47.0 cm³/mol. The molecule has 1 N–H and O–H groups in total. The second kappa shape index (κ2) is 2.24. The van der Waals surface area contributed by atoms with Gasteiger partial charge in [0, 0.05) is 24.0 Å². The highest BCUT2D eigenvalue weighted by atomic mass is 16.5. The molecule has 0 amide bonds. The Morgan fingerprint density at radius 3 is 2.83 bits per heavy atom. The minimum Gasteiger partial charge on any atom is -0.377 e. The van der Waals surface area contributed by atoms with Crippen molar-refractivity contribution >= 4 is 0 Å². The fourth-order valence-electron chi connectivity index (χ4n) is 3.71. The van der Waals surface area contributed by atoms with Gasteiger partial charge in [-0.3, -0.25) is 0 Å². The Morgan fingerprint density at radius 1 is 1.42 bits per heavy atom. The molecule has 1 aliphatic heterocycles. The molecule has 12 heavy (non-hydrogen) atoms. The second-order valence-corrected chi connectivity index (χ2v) is 4.60. The fraction of sp³-hybridized carbons (Fsp3) is 1.00. The molecule has 0 aromatic rings. The Bertz CT molecular complexity index is 200. The van der Waals surface area contributed by atoms with Crippen LogP contribution in [0.1, 0.15) is 25.7 Å². The summed E-state index contributed by atoms with van der Waals surface area (Å²) in [6.07, 6.45) is 6.14. The number of ether oxygens (including phenoxy) is 1. The lowest BCUT2D eigenvalue weighted by molar-refractivity contribution is -0.174. The van der Waals surface area contributed by atoms with E-state index in [1.807, 2.05) is 0 Å². The van der Waals surface area contributed by atoms with E-state index >= 15 is 0 Å². The Balaban J connectivity index is 1.84. The average Bonchev–Trinajstić information content (AvgIpc) is 2.32. The normalized spacial score (nSPS) is 48.2. The summed E-state index contributed by atoms with van der Waals surface area (Å²) in [5, 5.41) is 3.49. The first-order chi connectivity index (χ1) is 5.88. The first-order valence-electron chi connectivity index (χ1n) is 5.17. The molecule has 3 unspecified atom stereocenters. The van der Waals surface area contributed by atoms with Gasteiger partial charge in [-0.2, -0.15) is 0 Å². The highest BCUT2D eigenvalue weighted by molar-refractivity contribution is 5.17. The van der Waals surface area contributed by atoms with Crippen LogP contribution in [0.3, 0.4) is 0 Å². The summed E-state index contributed by atoms with van der Waals surface area (Å²) in [4.78, 5) is 0. The van der Waals surface area contributed by atoms with Crippen LogP contribution >= 0.6 is 0 Å². The van der Waals surface area contributed by atoms with E-state index in [9.17, 15) is 0 Å². The Morgan fingerprint density at radius 2 is 2.25 bits per heavy atom. The van der Waals surface area contributed by atoms with Crippen LogP contribution in [0.25, 0.3) is 0 Å². The van der Waals surface area contributed by atoms with Crippen LogP contribution in [0.15, 0.2) is 0 Å². The summed E-state index contributed by atoms with van der Waals surface area (Å²) in [6, 6.07) is 0.777. The second-order valence-electron chi connectivity index (χ2n) is 4.60. The van der Waals surface area contributed by atoms with E-state index in [0.29, 0.717) is 11.5 Å². The third-order valence-corrected chi connectivity index (χ3v) is 4.35. The number of fused-ring (bicyclic) bond motifs is 2. The van der Waals surface area contributed by atoms with Crippen LogP contribution in [0, 0.1) is 11.3 Å². The largest absolute Gasteiger partial charge is 0.377 e. The molecule has 0 aromatic heterocycles. The summed E-state index contributed by atoms with van der Waals surface area (Å²) >= 11 is 0. The highest BCUT2D eigenvalue weighted by Crippen LogP contribution is 2.62. The molecular formula is C10H17NO. The molecule has 1 spiro atoms. The maximum Gasteiger partial charge on any atom is 0.0690 e. The lowest BCUT2D eigenvalue weighted by Gasteiger charge is -2.63. The van der Waals surface area contributed by atoms with Crippen molar-refractivity contribution < 1.29 is 4.74 Å². The molecule has 3 aliphatic rings. The van der Waals surface area contributed by atoms with Crippen molar-refractivity contribution in [2.24, 2.45) is 11.3 Å². The zero-order chi connectivity index (χ0) is 8.18. The van der Waals surface area contributed by atoms with Gasteiger partial charge in [-0.1, -0.05) is 6.42 Å². The zero-order valence-electron chi connectivity index (χ0n) is 7.68. The zero-order valence-corrected chi connectivity index (χ0v) is 7.68. The molecule has 0 bridgehead atoms. The van der Waals surface area contributed by atoms with Gasteiger partial charge in [0.1, 0.15) is 0 Å². The molecule has 3 rings (SSSR count). The quantitative estimate of drug-likeness (QED) is 0.633. The molecule has 2 saturated carbocycles. The van der Waals surface area contributed by atoms with Gasteiger partial charge in [0.25, 0.3) is 0 Å². The van der Waals surface area contributed by atoms with E-state index < -0.39 is 0 Å². The van der Waals surface area contributed by atoms with Crippen LogP contribution in [0.5, 0.6) is 0 Å². The third-order valence-electron chi connectivity index (χ3n) is 4.35. The average molecular weight is 167 g/mol. The summed E-state index contributed by atoms with van der Waals surface area (Å²) in [5.74, 6) is 0.843. The van der Waals surface area contributed by atoms with Crippen molar-refractivity contribution in [3.05, 3.63) is 0 Å².